The molecule has 27 heavy (non-hydrogen) atoms. The van der Waals surface area contributed by atoms with Crippen LogP contribution in [0.1, 0.15) is 12.0 Å². The topological polar surface area (TPSA) is 61.4 Å². The van der Waals surface area contributed by atoms with E-state index in [0.29, 0.717) is 6.54 Å². The minimum atomic E-state index is -0.0946. The van der Waals surface area contributed by atoms with E-state index in [1.165, 1.54) is 17.4 Å². The minimum Gasteiger partial charge on any atom is -0.375 e. The van der Waals surface area contributed by atoms with Crippen LogP contribution in [0, 0.1) is 6.92 Å². The molecular formula is C21H27N3O2S. The van der Waals surface area contributed by atoms with Crippen LogP contribution in [0.4, 0.5) is 11.4 Å². The highest BCUT2D eigenvalue weighted by molar-refractivity contribution is 8.00. The van der Waals surface area contributed by atoms with Crippen molar-refractivity contribution >= 4 is 35.0 Å². The number of carbonyl (C=O) groups excluding carboxylic acids is 2. The van der Waals surface area contributed by atoms with Crippen molar-refractivity contribution in [3.63, 3.8) is 0 Å². The van der Waals surface area contributed by atoms with E-state index in [4.69, 9.17) is 0 Å². The van der Waals surface area contributed by atoms with Crippen LogP contribution >= 0.6 is 11.8 Å². The standard InChI is InChI=1S/C21H27N3O2S/c1-17-8-6-9-18(14-17)23-21(26)16-27-15-20(25)22-12-7-13-24(2)19-10-4-3-5-11-19/h3-6,8-11,14H,7,12-13,15-16H2,1-2H3,(H,22,25)(H,23,26). The second-order valence-electron chi connectivity index (χ2n) is 6.37. The smallest absolute Gasteiger partial charge is 0.234 e. The number of nitrogens with zero attached hydrogens (tertiary/aromatic N) is 1. The second kappa shape index (κ2) is 11.3. The summed E-state index contributed by atoms with van der Waals surface area (Å²) in [5.74, 6) is 0.419. The largest absolute Gasteiger partial charge is 0.375 e. The Morgan fingerprint density at radius 2 is 1.74 bits per heavy atom. The van der Waals surface area contributed by atoms with Crippen LogP contribution in [-0.2, 0) is 9.59 Å². The lowest BCUT2D eigenvalue weighted by molar-refractivity contribution is -0.118. The molecule has 0 saturated carbocycles. The Morgan fingerprint density at radius 3 is 2.48 bits per heavy atom. The molecule has 2 aromatic rings. The molecule has 0 aliphatic carbocycles. The second-order valence-corrected chi connectivity index (χ2v) is 7.36. The van der Waals surface area contributed by atoms with Crippen molar-refractivity contribution in [2.45, 2.75) is 13.3 Å². The quantitative estimate of drug-likeness (QED) is 0.616. The van der Waals surface area contributed by atoms with Gasteiger partial charge in [0.05, 0.1) is 11.5 Å². The van der Waals surface area contributed by atoms with E-state index >= 15 is 0 Å². The molecule has 0 spiro atoms. The number of aryl methyl sites for hydroxylation is 1. The van der Waals surface area contributed by atoms with Crippen LogP contribution in [-0.4, -0.2) is 43.5 Å². The highest BCUT2D eigenvalue weighted by Crippen LogP contribution is 2.11. The molecule has 0 bridgehead atoms. The number of hydrogen-bond donors (Lipinski definition) is 2. The lowest BCUT2D eigenvalue weighted by Crippen LogP contribution is -2.29. The van der Waals surface area contributed by atoms with Gasteiger partial charge < -0.3 is 15.5 Å². The summed E-state index contributed by atoms with van der Waals surface area (Å²) in [6.07, 6.45) is 0.871. The summed E-state index contributed by atoms with van der Waals surface area (Å²) in [5.41, 5.74) is 3.05. The van der Waals surface area contributed by atoms with Crippen molar-refractivity contribution in [2.24, 2.45) is 0 Å². The molecule has 0 fully saturated rings. The Morgan fingerprint density at radius 1 is 1.00 bits per heavy atom. The molecule has 0 saturated heterocycles. The summed E-state index contributed by atoms with van der Waals surface area (Å²) < 4.78 is 0. The van der Waals surface area contributed by atoms with Crippen molar-refractivity contribution in [2.75, 3.05) is 41.9 Å². The molecule has 0 heterocycles. The predicted octanol–water partition coefficient (Wildman–Crippen LogP) is 3.31. The zero-order valence-electron chi connectivity index (χ0n) is 15.9. The normalized spacial score (nSPS) is 10.3. The van der Waals surface area contributed by atoms with Gasteiger partial charge in [0, 0.05) is 31.5 Å². The van der Waals surface area contributed by atoms with Crippen LogP contribution in [0.5, 0.6) is 0 Å². The van der Waals surface area contributed by atoms with Crippen molar-refractivity contribution in [3.05, 3.63) is 60.2 Å². The third kappa shape index (κ3) is 8.17. The van der Waals surface area contributed by atoms with Gasteiger partial charge in [0.25, 0.3) is 0 Å². The van der Waals surface area contributed by atoms with E-state index in [0.717, 1.165) is 24.2 Å². The monoisotopic (exact) mass is 385 g/mol. The van der Waals surface area contributed by atoms with Gasteiger partial charge in [0.2, 0.25) is 11.8 Å². The Kier molecular flexibility index (Phi) is 8.71. The van der Waals surface area contributed by atoms with E-state index < -0.39 is 0 Å². The summed E-state index contributed by atoms with van der Waals surface area (Å²) in [5, 5.41) is 5.74. The molecule has 6 heteroatoms. The van der Waals surface area contributed by atoms with E-state index in [1.807, 2.05) is 56.4 Å². The molecule has 2 rings (SSSR count). The van der Waals surface area contributed by atoms with Gasteiger partial charge in [-0.05, 0) is 43.2 Å². The molecule has 5 nitrogen and oxygen atoms in total. The molecule has 0 atom stereocenters. The Labute approximate surface area is 165 Å². The first-order valence-corrected chi connectivity index (χ1v) is 10.2. The van der Waals surface area contributed by atoms with Crippen LogP contribution in [0.15, 0.2) is 54.6 Å². The van der Waals surface area contributed by atoms with Crippen molar-refractivity contribution in [3.8, 4) is 0 Å². The summed E-state index contributed by atoms with van der Waals surface area (Å²) in [7, 11) is 2.04. The fourth-order valence-electron chi connectivity index (χ4n) is 2.56. The summed E-state index contributed by atoms with van der Waals surface area (Å²) in [6, 6.07) is 17.8. The summed E-state index contributed by atoms with van der Waals surface area (Å²) in [4.78, 5) is 25.9. The van der Waals surface area contributed by atoms with Crippen molar-refractivity contribution < 1.29 is 9.59 Å². The molecule has 0 aliphatic rings. The Hall–Kier alpha value is -2.47. The van der Waals surface area contributed by atoms with Gasteiger partial charge in [0.15, 0.2) is 0 Å². The zero-order chi connectivity index (χ0) is 19.5. The average molecular weight is 386 g/mol. The summed E-state index contributed by atoms with van der Waals surface area (Å²) in [6.45, 7) is 3.48. The van der Waals surface area contributed by atoms with Crippen LogP contribution in [0.3, 0.4) is 0 Å². The fourth-order valence-corrected chi connectivity index (χ4v) is 3.21. The fraction of sp³-hybridized carbons (Fsp3) is 0.333. The van der Waals surface area contributed by atoms with Gasteiger partial charge in [-0.15, -0.1) is 11.8 Å². The molecular weight excluding hydrogens is 358 g/mol. The van der Waals surface area contributed by atoms with Crippen LogP contribution in [0.25, 0.3) is 0 Å². The van der Waals surface area contributed by atoms with E-state index in [9.17, 15) is 9.59 Å². The number of thioether (sulfide) groups is 1. The van der Waals surface area contributed by atoms with Gasteiger partial charge >= 0.3 is 0 Å². The lowest BCUT2D eigenvalue weighted by Gasteiger charge is -2.19. The van der Waals surface area contributed by atoms with Crippen molar-refractivity contribution in [1.29, 1.82) is 0 Å². The number of para-hydroxylation sites is 1. The van der Waals surface area contributed by atoms with Gasteiger partial charge in [0.1, 0.15) is 0 Å². The molecule has 2 aromatic carbocycles. The maximum Gasteiger partial charge on any atom is 0.234 e. The number of benzene rings is 2. The van der Waals surface area contributed by atoms with Gasteiger partial charge in [-0.1, -0.05) is 30.3 Å². The number of carbonyl (C=O) groups is 2. The van der Waals surface area contributed by atoms with E-state index in [1.54, 1.807) is 0 Å². The number of hydrogen-bond acceptors (Lipinski definition) is 4. The Bertz CT molecular complexity index is 737. The molecule has 0 aliphatic heterocycles. The van der Waals surface area contributed by atoms with Gasteiger partial charge in [-0.3, -0.25) is 9.59 Å². The molecule has 2 amide bonds. The number of nitrogens with one attached hydrogen (secondary N) is 2. The number of rotatable bonds is 10. The lowest BCUT2D eigenvalue weighted by atomic mass is 10.2. The zero-order valence-corrected chi connectivity index (χ0v) is 16.7. The number of anilines is 2. The average Bonchev–Trinajstić information content (AvgIpc) is 2.66. The molecule has 0 radical (unpaired) electrons. The SMILES string of the molecule is Cc1cccc(NC(=O)CSCC(=O)NCCCN(C)c2ccccc2)c1. The third-order valence-electron chi connectivity index (χ3n) is 3.96. The first-order chi connectivity index (χ1) is 13.0. The maximum atomic E-state index is 11.9. The summed E-state index contributed by atoms with van der Waals surface area (Å²) >= 11 is 1.32. The van der Waals surface area contributed by atoms with Crippen molar-refractivity contribution in [1.82, 2.24) is 5.32 Å². The molecule has 0 aromatic heterocycles. The minimum absolute atomic E-state index is 0.0364. The van der Waals surface area contributed by atoms with Gasteiger partial charge in [-0.25, -0.2) is 0 Å². The Balaban J connectivity index is 1.55. The third-order valence-corrected chi connectivity index (χ3v) is 4.89. The highest BCUT2D eigenvalue weighted by atomic mass is 32.2. The molecule has 0 unspecified atom stereocenters. The highest BCUT2D eigenvalue weighted by Gasteiger charge is 2.06. The van der Waals surface area contributed by atoms with Crippen LogP contribution < -0.4 is 15.5 Å². The maximum absolute atomic E-state index is 11.9. The van der Waals surface area contributed by atoms with Crippen LogP contribution in [0.2, 0.25) is 0 Å². The van der Waals surface area contributed by atoms with Gasteiger partial charge in [-0.2, -0.15) is 0 Å². The first kappa shape index (κ1) is 20.8. The van der Waals surface area contributed by atoms with E-state index in [2.05, 4.69) is 27.7 Å². The van der Waals surface area contributed by atoms with E-state index in [-0.39, 0.29) is 23.3 Å². The predicted molar refractivity (Wildman–Crippen MR) is 114 cm³/mol. The molecule has 144 valence electrons. The molecule has 2 N–H and O–H groups in total. The number of amides is 2. The first-order valence-electron chi connectivity index (χ1n) is 9.02.